The first-order valence-corrected chi connectivity index (χ1v) is 4.48. The molecule has 2 heteroatoms. The maximum atomic E-state index is 10.00. The van der Waals surface area contributed by atoms with Crippen LogP contribution in [0, 0.1) is 0 Å². The van der Waals surface area contributed by atoms with Crippen molar-refractivity contribution in [2.45, 2.75) is 32.0 Å². The molecule has 1 aromatic rings. The fraction of sp³-hybridized carbons (Fsp3) is 0.455. The second-order valence-electron chi connectivity index (χ2n) is 3.69. The van der Waals surface area contributed by atoms with E-state index in [9.17, 15) is 10.2 Å². The Morgan fingerprint density at radius 3 is 2.31 bits per heavy atom. The highest BCUT2D eigenvalue weighted by atomic mass is 16.3. The fourth-order valence-electron chi connectivity index (χ4n) is 1.49. The first kappa shape index (κ1) is 10.2. The molecule has 1 aromatic carbocycles. The molecule has 72 valence electrons. The molecule has 0 aliphatic carbocycles. The topological polar surface area (TPSA) is 40.5 Å². The molecule has 0 unspecified atom stereocenters. The summed E-state index contributed by atoms with van der Waals surface area (Å²) in [6, 6.07) is 9.39. The van der Waals surface area contributed by atoms with Gasteiger partial charge in [-0.15, -0.1) is 0 Å². The third kappa shape index (κ3) is 2.83. The summed E-state index contributed by atoms with van der Waals surface area (Å²) in [7, 11) is 0. The summed E-state index contributed by atoms with van der Waals surface area (Å²) in [6.45, 7) is 3.40. The minimum atomic E-state index is -0.935. The van der Waals surface area contributed by atoms with Crippen LogP contribution in [0.5, 0.6) is 0 Å². The number of aliphatic hydroxyl groups is 2. The van der Waals surface area contributed by atoms with E-state index in [2.05, 4.69) is 0 Å². The highest BCUT2D eigenvalue weighted by Crippen LogP contribution is 2.25. The number of aliphatic hydroxyl groups excluding tert-OH is 1. The van der Waals surface area contributed by atoms with Crippen molar-refractivity contribution >= 4 is 0 Å². The van der Waals surface area contributed by atoms with Crippen molar-refractivity contribution in [3.63, 3.8) is 0 Å². The van der Waals surface area contributed by atoms with Crippen LogP contribution in [0.15, 0.2) is 30.3 Å². The van der Waals surface area contributed by atoms with E-state index in [-0.39, 0.29) is 0 Å². The van der Waals surface area contributed by atoms with Crippen molar-refractivity contribution in [3.8, 4) is 0 Å². The Kier molecular flexibility index (Phi) is 3.07. The van der Waals surface area contributed by atoms with Gasteiger partial charge in [-0.05, 0) is 19.4 Å². The summed E-state index contributed by atoms with van der Waals surface area (Å²) in [5, 5.41) is 19.2. The SMILES string of the molecule is C[C@@H](O)C[C@](C)(O)c1ccccc1. The van der Waals surface area contributed by atoms with E-state index in [0.29, 0.717) is 6.42 Å². The predicted octanol–water partition coefficient (Wildman–Crippen LogP) is 1.66. The van der Waals surface area contributed by atoms with E-state index in [0.717, 1.165) is 5.56 Å². The largest absolute Gasteiger partial charge is 0.393 e. The lowest BCUT2D eigenvalue weighted by Crippen LogP contribution is -2.25. The molecule has 2 nitrogen and oxygen atoms in total. The van der Waals surface area contributed by atoms with Gasteiger partial charge in [0.25, 0.3) is 0 Å². The molecule has 2 N–H and O–H groups in total. The maximum absolute atomic E-state index is 10.00. The van der Waals surface area contributed by atoms with Crippen molar-refractivity contribution < 1.29 is 10.2 Å². The number of hydrogen-bond acceptors (Lipinski definition) is 2. The van der Waals surface area contributed by atoms with Crippen LogP contribution < -0.4 is 0 Å². The van der Waals surface area contributed by atoms with Crippen LogP contribution in [-0.4, -0.2) is 16.3 Å². The van der Waals surface area contributed by atoms with E-state index >= 15 is 0 Å². The van der Waals surface area contributed by atoms with E-state index in [4.69, 9.17) is 0 Å². The average molecular weight is 180 g/mol. The maximum Gasteiger partial charge on any atom is 0.0893 e. The van der Waals surface area contributed by atoms with Crippen LogP contribution >= 0.6 is 0 Å². The molecule has 13 heavy (non-hydrogen) atoms. The minimum absolute atomic E-state index is 0.358. The van der Waals surface area contributed by atoms with E-state index in [1.807, 2.05) is 30.3 Å². The van der Waals surface area contributed by atoms with Crippen molar-refractivity contribution in [2.24, 2.45) is 0 Å². The molecular formula is C11H16O2. The molecule has 0 amide bonds. The zero-order valence-corrected chi connectivity index (χ0v) is 8.07. The molecule has 0 saturated heterocycles. The lowest BCUT2D eigenvalue weighted by Gasteiger charge is -2.25. The van der Waals surface area contributed by atoms with Gasteiger partial charge in [-0.2, -0.15) is 0 Å². The molecule has 2 atom stereocenters. The Balaban J connectivity index is 2.81. The molecule has 0 aromatic heterocycles. The van der Waals surface area contributed by atoms with Crippen LogP contribution in [0.1, 0.15) is 25.8 Å². The van der Waals surface area contributed by atoms with Gasteiger partial charge in [0.1, 0.15) is 0 Å². The summed E-state index contributed by atoms with van der Waals surface area (Å²) in [6.07, 6.45) is -0.132. The smallest absolute Gasteiger partial charge is 0.0893 e. The van der Waals surface area contributed by atoms with Gasteiger partial charge in [-0.25, -0.2) is 0 Å². The fourth-order valence-corrected chi connectivity index (χ4v) is 1.49. The average Bonchev–Trinajstić information content (AvgIpc) is 2.04. The standard InChI is InChI=1S/C11H16O2/c1-9(12)8-11(2,13)10-6-4-3-5-7-10/h3-7,9,12-13H,8H2,1-2H3/t9-,11+/m1/s1. The lowest BCUT2D eigenvalue weighted by atomic mass is 9.90. The second kappa shape index (κ2) is 3.90. The minimum Gasteiger partial charge on any atom is -0.393 e. The van der Waals surface area contributed by atoms with Crippen LogP contribution in [0.25, 0.3) is 0 Å². The van der Waals surface area contributed by atoms with Crippen molar-refractivity contribution in [2.75, 3.05) is 0 Å². The Bertz CT molecular complexity index is 252. The first-order valence-electron chi connectivity index (χ1n) is 4.48. The summed E-state index contributed by atoms with van der Waals surface area (Å²) in [5.74, 6) is 0. The van der Waals surface area contributed by atoms with E-state index in [1.165, 1.54) is 0 Å². The zero-order chi connectivity index (χ0) is 9.90. The highest BCUT2D eigenvalue weighted by molar-refractivity contribution is 5.21. The van der Waals surface area contributed by atoms with Gasteiger partial charge in [0.2, 0.25) is 0 Å². The van der Waals surface area contributed by atoms with E-state index < -0.39 is 11.7 Å². The Morgan fingerprint density at radius 2 is 1.85 bits per heavy atom. The molecule has 0 fully saturated rings. The first-order chi connectivity index (χ1) is 6.02. The van der Waals surface area contributed by atoms with Gasteiger partial charge in [-0.3, -0.25) is 0 Å². The van der Waals surface area contributed by atoms with E-state index in [1.54, 1.807) is 13.8 Å². The lowest BCUT2D eigenvalue weighted by molar-refractivity contribution is 0.00565. The monoisotopic (exact) mass is 180 g/mol. The predicted molar refractivity (Wildman–Crippen MR) is 52.3 cm³/mol. The molecule has 0 aliphatic rings. The molecule has 0 aliphatic heterocycles. The van der Waals surface area contributed by atoms with Gasteiger partial charge in [0.05, 0.1) is 11.7 Å². The molecule has 0 bridgehead atoms. The molecule has 0 radical (unpaired) electrons. The summed E-state index contributed by atoms with van der Waals surface area (Å²) in [5.41, 5.74) is -0.0917. The third-order valence-corrected chi connectivity index (χ3v) is 2.09. The van der Waals surface area contributed by atoms with Crippen LogP contribution in [0.2, 0.25) is 0 Å². The molecule has 0 spiro atoms. The number of benzene rings is 1. The Hall–Kier alpha value is -0.860. The van der Waals surface area contributed by atoms with Crippen molar-refractivity contribution in [1.82, 2.24) is 0 Å². The van der Waals surface area contributed by atoms with Gasteiger partial charge in [-0.1, -0.05) is 30.3 Å². The van der Waals surface area contributed by atoms with Gasteiger partial charge in [0.15, 0.2) is 0 Å². The molecule has 0 saturated carbocycles. The zero-order valence-electron chi connectivity index (χ0n) is 8.07. The molecule has 0 heterocycles. The van der Waals surface area contributed by atoms with Gasteiger partial charge in [0, 0.05) is 6.42 Å². The van der Waals surface area contributed by atoms with Crippen LogP contribution in [0.4, 0.5) is 0 Å². The molecular weight excluding hydrogens is 164 g/mol. The second-order valence-corrected chi connectivity index (χ2v) is 3.69. The summed E-state index contributed by atoms with van der Waals surface area (Å²) in [4.78, 5) is 0. The van der Waals surface area contributed by atoms with Crippen molar-refractivity contribution in [3.05, 3.63) is 35.9 Å². The van der Waals surface area contributed by atoms with Crippen LogP contribution in [0.3, 0.4) is 0 Å². The molecule has 1 rings (SSSR count). The summed E-state index contributed by atoms with van der Waals surface area (Å²) >= 11 is 0. The van der Waals surface area contributed by atoms with Gasteiger partial charge >= 0.3 is 0 Å². The Labute approximate surface area is 78.8 Å². The normalized spacial score (nSPS) is 17.8. The van der Waals surface area contributed by atoms with Crippen molar-refractivity contribution in [1.29, 1.82) is 0 Å². The highest BCUT2D eigenvalue weighted by Gasteiger charge is 2.24. The number of rotatable bonds is 3. The van der Waals surface area contributed by atoms with Gasteiger partial charge < -0.3 is 10.2 Å². The quantitative estimate of drug-likeness (QED) is 0.742. The van der Waals surface area contributed by atoms with Crippen LogP contribution in [-0.2, 0) is 5.60 Å². The third-order valence-electron chi connectivity index (χ3n) is 2.09. The summed E-state index contributed by atoms with van der Waals surface area (Å²) < 4.78 is 0. The number of hydrogen-bond donors (Lipinski definition) is 2. The Morgan fingerprint density at radius 1 is 1.31 bits per heavy atom.